The zero-order chi connectivity index (χ0) is 13.4. The second-order valence-electron chi connectivity index (χ2n) is 4.82. The Morgan fingerprint density at radius 1 is 1.28 bits per heavy atom. The summed E-state index contributed by atoms with van der Waals surface area (Å²) >= 11 is 0. The van der Waals surface area contributed by atoms with Crippen LogP contribution in [0.15, 0.2) is 10.5 Å². The Kier molecular flexibility index (Phi) is 7.06. The normalized spacial score (nSPS) is 11.4. The van der Waals surface area contributed by atoms with Crippen LogP contribution in [-0.4, -0.2) is 24.5 Å². The molecule has 0 unspecified atom stereocenters. The lowest BCUT2D eigenvalue weighted by Gasteiger charge is -2.18. The molecule has 0 saturated carbocycles. The molecule has 0 aliphatic carbocycles. The number of rotatable bonds is 9. The molecule has 0 aromatic carbocycles. The third-order valence-electron chi connectivity index (χ3n) is 3.26. The van der Waals surface area contributed by atoms with Gasteiger partial charge in [0.1, 0.15) is 11.5 Å². The lowest BCUT2D eigenvalue weighted by atomic mass is 10.2. The van der Waals surface area contributed by atoms with E-state index in [0.717, 1.165) is 44.2 Å². The van der Waals surface area contributed by atoms with E-state index in [1.165, 1.54) is 18.4 Å². The molecule has 0 aliphatic rings. The maximum atomic E-state index is 5.92. The first-order valence-corrected chi connectivity index (χ1v) is 7.22. The van der Waals surface area contributed by atoms with Gasteiger partial charge in [0.2, 0.25) is 0 Å². The van der Waals surface area contributed by atoms with E-state index in [1.54, 1.807) is 0 Å². The van der Waals surface area contributed by atoms with E-state index < -0.39 is 0 Å². The maximum Gasteiger partial charge on any atom is 0.120 e. The smallest absolute Gasteiger partial charge is 0.120 e. The third-order valence-corrected chi connectivity index (χ3v) is 3.26. The van der Waals surface area contributed by atoms with Crippen molar-refractivity contribution in [2.75, 3.05) is 19.6 Å². The predicted molar refractivity (Wildman–Crippen MR) is 76.7 cm³/mol. The number of hydrogen-bond donors (Lipinski definition) is 1. The van der Waals surface area contributed by atoms with Crippen molar-refractivity contribution in [3.63, 3.8) is 0 Å². The topological polar surface area (TPSA) is 28.4 Å². The largest absolute Gasteiger partial charge is 0.463 e. The van der Waals surface area contributed by atoms with E-state index in [0.29, 0.717) is 0 Å². The van der Waals surface area contributed by atoms with Crippen LogP contribution in [0.25, 0.3) is 0 Å². The molecule has 1 heterocycles. The summed E-state index contributed by atoms with van der Waals surface area (Å²) in [6.07, 6.45) is 2.51. The molecule has 1 rings (SSSR count). The van der Waals surface area contributed by atoms with Crippen LogP contribution in [0.3, 0.4) is 0 Å². The van der Waals surface area contributed by atoms with E-state index in [-0.39, 0.29) is 0 Å². The summed E-state index contributed by atoms with van der Waals surface area (Å²) in [6, 6.07) is 2.18. The molecule has 0 saturated heterocycles. The Labute approximate surface area is 112 Å². The van der Waals surface area contributed by atoms with Crippen LogP contribution in [0.5, 0.6) is 0 Å². The summed E-state index contributed by atoms with van der Waals surface area (Å²) in [5, 5.41) is 3.31. The van der Waals surface area contributed by atoms with Crippen molar-refractivity contribution in [2.24, 2.45) is 0 Å². The van der Waals surface area contributed by atoms with Crippen molar-refractivity contribution in [1.82, 2.24) is 10.2 Å². The number of furan rings is 1. The van der Waals surface area contributed by atoms with Crippen LogP contribution in [0.4, 0.5) is 0 Å². The molecule has 1 N–H and O–H groups in total. The molecule has 0 fully saturated rings. The van der Waals surface area contributed by atoms with Crippen molar-refractivity contribution < 1.29 is 4.42 Å². The Morgan fingerprint density at radius 2 is 2.06 bits per heavy atom. The third kappa shape index (κ3) is 4.83. The Bertz CT molecular complexity index is 333. The highest BCUT2D eigenvalue weighted by molar-refractivity contribution is 5.20. The van der Waals surface area contributed by atoms with E-state index in [9.17, 15) is 0 Å². The molecule has 3 heteroatoms. The summed E-state index contributed by atoms with van der Waals surface area (Å²) in [5.41, 5.74) is 1.26. The standard InChI is InChI=1S/C15H28N2O/c1-5-8-9-17(7-3)12-14-10-13(4)15(18-14)11-16-6-2/h10,16H,5-9,11-12H2,1-4H3. The molecule has 18 heavy (non-hydrogen) atoms. The lowest BCUT2D eigenvalue weighted by molar-refractivity contribution is 0.249. The first-order valence-electron chi connectivity index (χ1n) is 7.22. The molecule has 0 aliphatic heterocycles. The molecule has 0 spiro atoms. The van der Waals surface area contributed by atoms with Gasteiger partial charge in [-0.25, -0.2) is 0 Å². The Hall–Kier alpha value is -0.800. The van der Waals surface area contributed by atoms with Crippen molar-refractivity contribution in [1.29, 1.82) is 0 Å². The zero-order valence-corrected chi connectivity index (χ0v) is 12.4. The molecule has 1 aromatic rings. The fourth-order valence-corrected chi connectivity index (χ4v) is 2.03. The lowest BCUT2D eigenvalue weighted by Crippen LogP contribution is -2.23. The summed E-state index contributed by atoms with van der Waals surface area (Å²) in [5.74, 6) is 2.18. The van der Waals surface area contributed by atoms with Gasteiger partial charge in [0.15, 0.2) is 0 Å². The average molecular weight is 252 g/mol. The van der Waals surface area contributed by atoms with Gasteiger partial charge in [0.05, 0.1) is 13.1 Å². The molecule has 0 bridgehead atoms. The fourth-order valence-electron chi connectivity index (χ4n) is 2.03. The molecular weight excluding hydrogens is 224 g/mol. The minimum absolute atomic E-state index is 0.837. The monoisotopic (exact) mass is 252 g/mol. The SMILES string of the molecule is CCCCN(CC)Cc1cc(C)c(CNCC)o1. The molecule has 0 radical (unpaired) electrons. The summed E-state index contributed by atoms with van der Waals surface area (Å²) in [4.78, 5) is 2.44. The quantitative estimate of drug-likeness (QED) is 0.731. The van der Waals surface area contributed by atoms with Crippen LogP contribution in [0.2, 0.25) is 0 Å². The molecule has 0 atom stereocenters. The molecule has 1 aromatic heterocycles. The van der Waals surface area contributed by atoms with Gasteiger partial charge in [0, 0.05) is 0 Å². The van der Waals surface area contributed by atoms with Crippen LogP contribution >= 0.6 is 0 Å². The van der Waals surface area contributed by atoms with Crippen molar-refractivity contribution >= 4 is 0 Å². The van der Waals surface area contributed by atoms with Gasteiger partial charge < -0.3 is 9.73 Å². The highest BCUT2D eigenvalue weighted by Gasteiger charge is 2.10. The molecule has 0 amide bonds. The van der Waals surface area contributed by atoms with Gasteiger partial charge in [-0.1, -0.05) is 27.2 Å². The number of hydrogen-bond acceptors (Lipinski definition) is 3. The van der Waals surface area contributed by atoms with Gasteiger partial charge >= 0.3 is 0 Å². The minimum atomic E-state index is 0.837. The second-order valence-corrected chi connectivity index (χ2v) is 4.82. The fraction of sp³-hybridized carbons (Fsp3) is 0.733. The maximum absolute atomic E-state index is 5.92. The average Bonchev–Trinajstić information content (AvgIpc) is 2.72. The number of unbranched alkanes of at least 4 members (excludes halogenated alkanes) is 1. The van der Waals surface area contributed by atoms with Crippen LogP contribution in [-0.2, 0) is 13.1 Å². The summed E-state index contributed by atoms with van der Waals surface area (Å²) in [6.45, 7) is 13.7. The first kappa shape index (κ1) is 15.3. The van der Waals surface area contributed by atoms with Crippen LogP contribution < -0.4 is 5.32 Å². The second kappa shape index (κ2) is 8.33. The minimum Gasteiger partial charge on any atom is -0.463 e. The first-order chi connectivity index (χ1) is 8.71. The molecular formula is C15H28N2O. The zero-order valence-electron chi connectivity index (χ0n) is 12.4. The van der Waals surface area contributed by atoms with Gasteiger partial charge in [0.25, 0.3) is 0 Å². The van der Waals surface area contributed by atoms with Crippen LogP contribution in [0.1, 0.15) is 50.7 Å². The highest BCUT2D eigenvalue weighted by atomic mass is 16.3. The molecule has 3 nitrogen and oxygen atoms in total. The number of nitrogens with one attached hydrogen (secondary N) is 1. The number of nitrogens with zero attached hydrogens (tertiary/aromatic N) is 1. The van der Waals surface area contributed by atoms with Crippen molar-refractivity contribution in [3.8, 4) is 0 Å². The van der Waals surface area contributed by atoms with E-state index in [1.807, 2.05) is 0 Å². The van der Waals surface area contributed by atoms with Gasteiger partial charge in [-0.3, -0.25) is 4.90 Å². The molecule has 104 valence electrons. The highest BCUT2D eigenvalue weighted by Crippen LogP contribution is 2.16. The summed E-state index contributed by atoms with van der Waals surface area (Å²) in [7, 11) is 0. The van der Waals surface area contributed by atoms with Gasteiger partial charge in [-0.15, -0.1) is 0 Å². The van der Waals surface area contributed by atoms with Gasteiger partial charge in [-0.05, 0) is 44.6 Å². The van der Waals surface area contributed by atoms with Gasteiger partial charge in [-0.2, -0.15) is 0 Å². The predicted octanol–water partition coefficient (Wildman–Crippen LogP) is 3.32. The Balaban J connectivity index is 2.54. The Morgan fingerprint density at radius 3 is 2.67 bits per heavy atom. The van der Waals surface area contributed by atoms with Crippen molar-refractivity contribution in [3.05, 3.63) is 23.2 Å². The van der Waals surface area contributed by atoms with Crippen molar-refractivity contribution in [2.45, 2.75) is 53.6 Å². The number of aryl methyl sites for hydroxylation is 1. The van der Waals surface area contributed by atoms with E-state index in [2.05, 4.69) is 44.0 Å². The van der Waals surface area contributed by atoms with E-state index in [4.69, 9.17) is 4.42 Å². The van der Waals surface area contributed by atoms with E-state index >= 15 is 0 Å². The van der Waals surface area contributed by atoms with Crippen LogP contribution in [0, 0.1) is 6.92 Å². The summed E-state index contributed by atoms with van der Waals surface area (Å²) < 4.78 is 5.92.